The van der Waals surface area contributed by atoms with E-state index in [1.807, 2.05) is 18.2 Å². The Labute approximate surface area is 117 Å². The Hall–Kier alpha value is -1.37. The zero-order valence-corrected chi connectivity index (χ0v) is 12.3. The lowest BCUT2D eigenvalue weighted by atomic mass is 10.0. The van der Waals surface area contributed by atoms with Crippen LogP contribution in [0.1, 0.15) is 38.3 Å². The van der Waals surface area contributed by atoms with Crippen molar-refractivity contribution in [2.45, 2.75) is 38.8 Å². The SMILES string of the molecule is CC(C)N(C)CCCNC(CC#N)c1ccccc1. The summed E-state index contributed by atoms with van der Waals surface area (Å²) in [5.74, 6) is 0. The number of benzene rings is 1. The molecule has 0 radical (unpaired) electrons. The highest BCUT2D eigenvalue weighted by molar-refractivity contribution is 5.19. The molecule has 1 unspecified atom stereocenters. The van der Waals surface area contributed by atoms with Gasteiger partial charge in [-0.3, -0.25) is 0 Å². The molecule has 0 aromatic heterocycles. The van der Waals surface area contributed by atoms with Crippen LogP contribution >= 0.6 is 0 Å². The zero-order valence-electron chi connectivity index (χ0n) is 12.3. The van der Waals surface area contributed by atoms with E-state index < -0.39 is 0 Å². The molecule has 0 aliphatic rings. The molecule has 0 amide bonds. The number of rotatable bonds is 8. The van der Waals surface area contributed by atoms with Gasteiger partial charge in [0.25, 0.3) is 0 Å². The first kappa shape index (κ1) is 15.7. The van der Waals surface area contributed by atoms with Crippen LogP contribution in [0.2, 0.25) is 0 Å². The molecule has 0 fully saturated rings. The van der Waals surface area contributed by atoms with Crippen molar-refractivity contribution in [2.75, 3.05) is 20.1 Å². The molecule has 19 heavy (non-hydrogen) atoms. The van der Waals surface area contributed by atoms with Crippen molar-refractivity contribution >= 4 is 0 Å². The summed E-state index contributed by atoms with van der Waals surface area (Å²) in [6.45, 7) is 6.43. The van der Waals surface area contributed by atoms with Gasteiger partial charge in [-0.15, -0.1) is 0 Å². The van der Waals surface area contributed by atoms with Gasteiger partial charge in [0.1, 0.15) is 0 Å². The maximum Gasteiger partial charge on any atom is 0.0641 e. The summed E-state index contributed by atoms with van der Waals surface area (Å²) in [7, 11) is 2.15. The van der Waals surface area contributed by atoms with E-state index in [2.05, 4.69) is 49.3 Å². The van der Waals surface area contributed by atoms with Gasteiger partial charge in [-0.1, -0.05) is 30.3 Å². The number of nitrogens with one attached hydrogen (secondary N) is 1. The highest BCUT2D eigenvalue weighted by atomic mass is 15.1. The topological polar surface area (TPSA) is 39.1 Å². The Balaban J connectivity index is 2.37. The van der Waals surface area contributed by atoms with E-state index in [-0.39, 0.29) is 6.04 Å². The van der Waals surface area contributed by atoms with E-state index in [0.717, 1.165) is 19.5 Å². The summed E-state index contributed by atoms with van der Waals surface area (Å²) in [5.41, 5.74) is 1.20. The summed E-state index contributed by atoms with van der Waals surface area (Å²) in [6, 6.07) is 13.2. The lowest BCUT2D eigenvalue weighted by molar-refractivity contribution is 0.268. The Morgan fingerprint density at radius 3 is 2.53 bits per heavy atom. The Morgan fingerprint density at radius 2 is 1.95 bits per heavy atom. The van der Waals surface area contributed by atoms with Crippen LogP contribution in [0.5, 0.6) is 0 Å². The third-order valence-electron chi connectivity index (χ3n) is 3.46. The van der Waals surface area contributed by atoms with Gasteiger partial charge in [0.2, 0.25) is 0 Å². The fourth-order valence-electron chi connectivity index (χ4n) is 1.95. The molecule has 1 N–H and O–H groups in total. The summed E-state index contributed by atoms with van der Waals surface area (Å²) >= 11 is 0. The highest BCUT2D eigenvalue weighted by Crippen LogP contribution is 2.15. The quantitative estimate of drug-likeness (QED) is 0.730. The fraction of sp³-hybridized carbons (Fsp3) is 0.562. The molecule has 104 valence electrons. The number of nitriles is 1. The van der Waals surface area contributed by atoms with E-state index in [0.29, 0.717) is 12.5 Å². The smallest absolute Gasteiger partial charge is 0.0641 e. The lowest BCUT2D eigenvalue weighted by Crippen LogP contribution is -2.30. The average Bonchev–Trinajstić information content (AvgIpc) is 2.42. The Kier molecular flexibility index (Phi) is 7.17. The minimum absolute atomic E-state index is 0.149. The molecule has 1 atom stereocenters. The van der Waals surface area contributed by atoms with Crippen molar-refractivity contribution in [2.24, 2.45) is 0 Å². The van der Waals surface area contributed by atoms with Gasteiger partial charge in [0.15, 0.2) is 0 Å². The number of hydrogen-bond acceptors (Lipinski definition) is 3. The van der Waals surface area contributed by atoms with Crippen molar-refractivity contribution in [1.29, 1.82) is 5.26 Å². The van der Waals surface area contributed by atoms with E-state index in [9.17, 15) is 0 Å². The first-order valence-corrected chi connectivity index (χ1v) is 7.00. The number of nitrogens with zero attached hydrogens (tertiary/aromatic N) is 2. The van der Waals surface area contributed by atoms with Crippen LogP contribution in [-0.2, 0) is 0 Å². The average molecular weight is 259 g/mol. The normalized spacial score (nSPS) is 12.6. The molecule has 0 bridgehead atoms. The molecule has 1 aromatic rings. The molecule has 0 heterocycles. The van der Waals surface area contributed by atoms with Crippen LogP contribution in [0.3, 0.4) is 0 Å². The second-order valence-corrected chi connectivity index (χ2v) is 5.21. The molecule has 1 aromatic carbocycles. The van der Waals surface area contributed by atoms with Crippen LogP contribution in [0.15, 0.2) is 30.3 Å². The molecule has 3 heteroatoms. The summed E-state index contributed by atoms with van der Waals surface area (Å²) in [5, 5.41) is 12.4. The van der Waals surface area contributed by atoms with Gasteiger partial charge in [0.05, 0.1) is 12.5 Å². The van der Waals surface area contributed by atoms with Gasteiger partial charge in [-0.05, 0) is 46.0 Å². The molecule has 0 spiro atoms. The lowest BCUT2D eigenvalue weighted by Gasteiger charge is -2.22. The van der Waals surface area contributed by atoms with Gasteiger partial charge in [-0.25, -0.2) is 0 Å². The second-order valence-electron chi connectivity index (χ2n) is 5.21. The predicted octanol–water partition coefficient (Wildman–Crippen LogP) is 2.96. The molecule has 0 aliphatic carbocycles. The Morgan fingerprint density at radius 1 is 1.26 bits per heavy atom. The summed E-state index contributed by atoms with van der Waals surface area (Å²) in [4.78, 5) is 2.34. The van der Waals surface area contributed by atoms with Crippen LogP contribution in [0.25, 0.3) is 0 Å². The van der Waals surface area contributed by atoms with E-state index >= 15 is 0 Å². The monoisotopic (exact) mass is 259 g/mol. The molecular formula is C16H25N3. The molecule has 3 nitrogen and oxygen atoms in total. The second kappa shape index (κ2) is 8.68. The van der Waals surface area contributed by atoms with Gasteiger partial charge < -0.3 is 10.2 Å². The van der Waals surface area contributed by atoms with Crippen LogP contribution < -0.4 is 5.32 Å². The largest absolute Gasteiger partial charge is 0.309 e. The maximum absolute atomic E-state index is 8.92. The van der Waals surface area contributed by atoms with Crippen LogP contribution in [0.4, 0.5) is 0 Å². The van der Waals surface area contributed by atoms with Crippen molar-refractivity contribution in [3.8, 4) is 6.07 Å². The standard InChI is InChI=1S/C16H25N3/c1-14(2)19(3)13-7-12-18-16(10-11-17)15-8-5-4-6-9-15/h4-6,8-9,14,16,18H,7,10,12-13H2,1-3H3. The van der Waals surface area contributed by atoms with E-state index in [1.54, 1.807) is 0 Å². The van der Waals surface area contributed by atoms with Gasteiger partial charge in [-0.2, -0.15) is 5.26 Å². The van der Waals surface area contributed by atoms with Gasteiger partial charge in [0, 0.05) is 12.1 Å². The zero-order chi connectivity index (χ0) is 14.1. The molecule has 0 saturated heterocycles. The van der Waals surface area contributed by atoms with Gasteiger partial charge >= 0.3 is 0 Å². The summed E-state index contributed by atoms with van der Waals surface area (Å²) in [6.07, 6.45) is 1.62. The van der Waals surface area contributed by atoms with Crippen molar-refractivity contribution in [1.82, 2.24) is 10.2 Å². The molecule has 0 saturated carbocycles. The first-order chi connectivity index (χ1) is 9.15. The highest BCUT2D eigenvalue weighted by Gasteiger charge is 2.10. The molecular weight excluding hydrogens is 234 g/mol. The van der Waals surface area contributed by atoms with Crippen molar-refractivity contribution < 1.29 is 0 Å². The van der Waals surface area contributed by atoms with Crippen molar-refractivity contribution in [3.05, 3.63) is 35.9 Å². The van der Waals surface area contributed by atoms with Crippen molar-refractivity contribution in [3.63, 3.8) is 0 Å². The predicted molar refractivity (Wildman–Crippen MR) is 79.8 cm³/mol. The minimum atomic E-state index is 0.149. The Bertz CT molecular complexity index is 381. The summed E-state index contributed by atoms with van der Waals surface area (Å²) < 4.78 is 0. The first-order valence-electron chi connectivity index (χ1n) is 7.00. The number of hydrogen-bond donors (Lipinski definition) is 1. The minimum Gasteiger partial charge on any atom is -0.309 e. The fourth-order valence-corrected chi connectivity index (χ4v) is 1.95. The molecule has 0 aliphatic heterocycles. The van der Waals surface area contributed by atoms with Crippen LogP contribution in [-0.4, -0.2) is 31.1 Å². The van der Waals surface area contributed by atoms with E-state index in [1.165, 1.54) is 5.56 Å². The third kappa shape index (κ3) is 5.87. The third-order valence-corrected chi connectivity index (χ3v) is 3.46. The van der Waals surface area contributed by atoms with E-state index in [4.69, 9.17) is 5.26 Å². The molecule has 1 rings (SSSR count). The van der Waals surface area contributed by atoms with Crippen LogP contribution in [0, 0.1) is 11.3 Å². The maximum atomic E-state index is 8.92.